The first-order chi connectivity index (χ1) is 8.21. The molecule has 2 rings (SSSR count). The summed E-state index contributed by atoms with van der Waals surface area (Å²) in [5.74, 6) is -0.130. The van der Waals surface area contributed by atoms with Crippen LogP contribution in [0.15, 0.2) is 22.6 Å². The monoisotopic (exact) mass is 234 g/mol. The van der Waals surface area contributed by atoms with Crippen LogP contribution in [0.5, 0.6) is 5.75 Å². The summed E-state index contributed by atoms with van der Waals surface area (Å²) < 4.78 is 14.9. The Hall–Kier alpha value is -2.30. The first-order valence-electron chi connectivity index (χ1n) is 4.85. The lowest BCUT2D eigenvalue weighted by molar-refractivity contribution is 0.0567. The third kappa shape index (κ3) is 1.75. The Kier molecular flexibility index (Phi) is 2.82. The lowest BCUT2D eigenvalue weighted by Crippen LogP contribution is -1.98. The van der Waals surface area contributed by atoms with Crippen molar-refractivity contribution in [2.24, 2.45) is 0 Å². The molecule has 0 spiro atoms. The maximum Gasteiger partial charge on any atom is 0.373 e. The first-order valence-corrected chi connectivity index (χ1v) is 4.85. The number of benzene rings is 1. The molecule has 0 amide bonds. The SMILES string of the molecule is COC(=O)c1cc2ccc(OC)c(C=O)c2o1. The number of hydrogen-bond acceptors (Lipinski definition) is 5. The molecule has 5 nitrogen and oxygen atoms in total. The second-order valence-electron chi connectivity index (χ2n) is 3.32. The fourth-order valence-electron chi connectivity index (χ4n) is 1.60. The lowest BCUT2D eigenvalue weighted by Gasteiger charge is -2.02. The van der Waals surface area contributed by atoms with Crippen molar-refractivity contribution in [2.45, 2.75) is 0 Å². The summed E-state index contributed by atoms with van der Waals surface area (Å²) in [5, 5.41) is 0.647. The van der Waals surface area contributed by atoms with Gasteiger partial charge in [0.25, 0.3) is 0 Å². The largest absolute Gasteiger partial charge is 0.496 e. The van der Waals surface area contributed by atoms with Crippen molar-refractivity contribution in [3.8, 4) is 5.75 Å². The highest BCUT2D eigenvalue weighted by atomic mass is 16.5. The highest BCUT2D eigenvalue weighted by Crippen LogP contribution is 2.29. The highest BCUT2D eigenvalue weighted by molar-refractivity contribution is 6.01. The van der Waals surface area contributed by atoms with Crippen molar-refractivity contribution in [2.75, 3.05) is 14.2 Å². The summed E-state index contributed by atoms with van der Waals surface area (Å²) in [5.41, 5.74) is 0.597. The summed E-state index contributed by atoms with van der Waals surface area (Å²) in [7, 11) is 2.72. The molecule has 0 N–H and O–H groups in total. The molecular weight excluding hydrogens is 224 g/mol. The van der Waals surface area contributed by atoms with Crippen LogP contribution < -0.4 is 4.74 Å². The number of fused-ring (bicyclic) bond motifs is 1. The van der Waals surface area contributed by atoms with Gasteiger partial charge in [0.05, 0.1) is 19.8 Å². The molecule has 1 aromatic heterocycles. The molecular formula is C12H10O5. The van der Waals surface area contributed by atoms with Crippen molar-refractivity contribution in [1.29, 1.82) is 0 Å². The van der Waals surface area contributed by atoms with Crippen molar-refractivity contribution in [1.82, 2.24) is 0 Å². The third-order valence-electron chi connectivity index (χ3n) is 2.41. The van der Waals surface area contributed by atoms with Crippen LogP contribution in [-0.4, -0.2) is 26.5 Å². The van der Waals surface area contributed by atoms with E-state index >= 15 is 0 Å². The summed E-state index contributed by atoms with van der Waals surface area (Å²) in [6.45, 7) is 0. The van der Waals surface area contributed by atoms with Gasteiger partial charge >= 0.3 is 5.97 Å². The fraction of sp³-hybridized carbons (Fsp3) is 0.167. The molecule has 0 aliphatic heterocycles. The van der Waals surface area contributed by atoms with E-state index in [1.807, 2.05) is 0 Å². The summed E-state index contributed by atoms with van der Waals surface area (Å²) in [6, 6.07) is 4.87. The molecule has 1 heterocycles. The molecule has 17 heavy (non-hydrogen) atoms. The van der Waals surface area contributed by atoms with E-state index in [4.69, 9.17) is 9.15 Å². The molecule has 0 saturated carbocycles. The van der Waals surface area contributed by atoms with Gasteiger partial charge in [0.2, 0.25) is 5.76 Å². The highest BCUT2D eigenvalue weighted by Gasteiger charge is 2.17. The zero-order valence-corrected chi connectivity index (χ0v) is 9.35. The fourth-order valence-corrected chi connectivity index (χ4v) is 1.60. The molecule has 0 radical (unpaired) electrons. The quantitative estimate of drug-likeness (QED) is 0.600. The van der Waals surface area contributed by atoms with Crippen LogP contribution in [-0.2, 0) is 4.74 Å². The topological polar surface area (TPSA) is 65.7 Å². The summed E-state index contributed by atoms with van der Waals surface area (Å²) >= 11 is 0. The Balaban J connectivity index is 2.68. The Morgan fingerprint density at radius 1 is 1.35 bits per heavy atom. The average molecular weight is 234 g/mol. The van der Waals surface area contributed by atoms with Gasteiger partial charge in [-0.15, -0.1) is 0 Å². The summed E-state index contributed by atoms with van der Waals surface area (Å²) in [6.07, 6.45) is 0.631. The van der Waals surface area contributed by atoms with Gasteiger partial charge in [0.15, 0.2) is 6.29 Å². The van der Waals surface area contributed by atoms with E-state index in [0.29, 0.717) is 23.0 Å². The van der Waals surface area contributed by atoms with Crippen LogP contribution in [0.1, 0.15) is 20.9 Å². The maximum absolute atomic E-state index is 11.3. The predicted molar refractivity (Wildman–Crippen MR) is 59.5 cm³/mol. The van der Waals surface area contributed by atoms with Crippen LogP contribution in [0.2, 0.25) is 0 Å². The van der Waals surface area contributed by atoms with E-state index in [1.165, 1.54) is 20.3 Å². The molecule has 0 aliphatic carbocycles. The number of furan rings is 1. The molecule has 1 aromatic carbocycles. The standard InChI is InChI=1S/C12H10O5/c1-15-9-4-3-7-5-10(12(14)16-2)17-11(7)8(9)6-13/h3-6H,1-2H3. The maximum atomic E-state index is 11.3. The van der Waals surface area contributed by atoms with E-state index in [1.54, 1.807) is 12.1 Å². The average Bonchev–Trinajstić information content (AvgIpc) is 2.80. The molecule has 5 heteroatoms. The van der Waals surface area contributed by atoms with Gasteiger partial charge in [0.1, 0.15) is 11.3 Å². The first kappa shape index (κ1) is 11.2. The van der Waals surface area contributed by atoms with Crippen LogP contribution >= 0.6 is 0 Å². The van der Waals surface area contributed by atoms with Crippen molar-refractivity contribution in [3.63, 3.8) is 0 Å². The van der Waals surface area contributed by atoms with Crippen LogP contribution in [0, 0.1) is 0 Å². The van der Waals surface area contributed by atoms with Gasteiger partial charge in [-0.05, 0) is 18.2 Å². The van der Waals surface area contributed by atoms with E-state index < -0.39 is 5.97 Å². The number of esters is 1. The summed E-state index contributed by atoms with van der Waals surface area (Å²) in [4.78, 5) is 22.3. The molecule has 2 aromatic rings. The van der Waals surface area contributed by atoms with Crippen LogP contribution in [0.3, 0.4) is 0 Å². The minimum absolute atomic E-state index is 0.0545. The van der Waals surface area contributed by atoms with Crippen LogP contribution in [0.4, 0.5) is 0 Å². The number of aldehydes is 1. The van der Waals surface area contributed by atoms with Gasteiger partial charge in [-0.2, -0.15) is 0 Å². The van der Waals surface area contributed by atoms with Gasteiger partial charge in [-0.1, -0.05) is 0 Å². The Morgan fingerprint density at radius 3 is 2.71 bits per heavy atom. The van der Waals surface area contributed by atoms with Crippen molar-refractivity contribution < 1.29 is 23.5 Å². The van der Waals surface area contributed by atoms with Gasteiger partial charge in [-0.3, -0.25) is 4.79 Å². The Morgan fingerprint density at radius 2 is 2.12 bits per heavy atom. The molecule has 0 fully saturated rings. The molecule has 88 valence electrons. The molecule has 0 saturated heterocycles. The van der Waals surface area contributed by atoms with E-state index in [9.17, 15) is 9.59 Å². The smallest absolute Gasteiger partial charge is 0.373 e. The minimum Gasteiger partial charge on any atom is -0.496 e. The van der Waals surface area contributed by atoms with Crippen molar-refractivity contribution in [3.05, 3.63) is 29.5 Å². The van der Waals surface area contributed by atoms with Gasteiger partial charge in [-0.25, -0.2) is 4.79 Å². The predicted octanol–water partition coefficient (Wildman–Crippen LogP) is 2.04. The van der Waals surface area contributed by atoms with Crippen LogP contribution in [0.25, 0.3) is 11.0 Å². The Bertz CT molecular complexity index is 582. The number of ether oxygens (including phenoxy) is 2. The van der Waals surface area contributed by atoms with E-state index in [-0.39, 0.29) is 11.3 Å². The van der Waals surface area contributed by atoms with Gasteiger partial charge in [0, 0.05) is 5.39 Å². The third-order valence-corrected chi connectivity index (χ3v) is 2.41. The number of carbonyl (C=O) groups excluding carboxylic acids is 2. The molecule has 0 unspecified atom stereocenters. The van der Waals surface area contributed by atoms with Gasteiger partial charge < -0.3 is 13.9 Å². The minimum atomic E-state index is -0.586. The molecule has 0 atom stereocenters. The zero-order chi connectivity index (χ0) is 12.4. The zero-order valence-electron chi connectivity index (χ0n) is 9.35. The lowest BCUT2D eigenvalue weighted by atomic mass is 10.1. The van der Waals surface area contributed by atoms with E-state index in [0.717, 1.165) is 0 Å². The number of hydrogen-bond donors (Lipinski definition) is 0. The Labute approximate surface area is 96.9 Å². The molecule has 0 bridgehead atoms. The molecule has 0 aliphatic rings. The van der Waals surface area contributed by atoms with Crippen molar-refractivity contribution >= 4 is 23.2 Å². The number of methoxy groups -OCH3 is 2. The second kappa shape index (κ2) is 4.29. The number of rotatable bonds is 3. The van der Waals surface area contributed by atoms with E-state index in [2.05, 4.69) is 4.74 Å². The second-order valence-corrected chi connectivity index (χ2v) is 3.32. The normalized spacial score (nSPS) is 10.2. The number of carbonyl (C=O) groups is 2.